The number of hydrogen-bond donors (Lipinski definition) is 3. The number of alkyl carbamates (subject to hydrolysis) is 1. The van der Waals surface area contributed by atoms with E-state index in [0.717, 1.165) is 0 Å². The largest absolute Gasteiger partial charge is 0.444 e. The van der Waals surface area contributed by atoms with Crippen LogP contribution < -0.4 is 10.6 Å². The van der Waals surface area contributed by atoms with Crippen LogP contribution in [-0.4, -0.2) is 42.4 Å². The number of nitrogens with one attached hydrogen (secondary N) is 2. The highest BCUT2D eigenvalue weighted by Crippen LogP contribution is 2.06. The summed E-state index contributed by atoms with van der Waals surface area (Å²) in [6, 6.07) is 0. The Bertz CT molecular complexity index is 265. The number of amides is 2. The second-order valence-corrected chi connectivity index (χ2v) is 3.87. The van der Waals surface area contributed by atoms with Gasteiger partial charge >= 0.3 is 6.09 Å². The van der Waals surface area contributed by atoms with Gasteiger partial charge < -0.3 is 20.5 Å². The topological polar surface area (TPSA) is 87.7 Å². The van der Waals surface area contributed by atoms with Gasteiger partial charge in [-0.3, -0.25) is 4.79 Å². The van der Waals surface area contributed by atoms with Gasteiger partial charge in [0.25, 0.3) is 0 Å². The Balaban J connectivity index is 4.19. The molecule has 2 amide bonds. The van der Waals surface area contributed by atoms with Gasteiger partial charge in [0.15, 0.2) is 0 Å². The molecule has 0 fully saturated rings. The molecule has 0 aromatic heterocycles. The Morgan fingerprint density at radius 2 is 2.07 bits per heavy atom. The van der Waals surface area contributed by atoms with Gasteiger partial charge in [0, 0.05) is 7.05 Å². The van der Waals surface area contributed by atoms with Crippen LogP contribution in [0.2, 0.25) is 0 Å². The maximum Gasteiger partial charge on any atom is 0.407 e. The van der Waals surface area contributed by atoms with Crippen molar-refractivity contribution >= 4 is 12.0 Å². The molecule has 0 spiro atoms. The fourth-order valence-corrected chi connectivity index (χ4v) is 0.678. The lowest BCUT2D eigenvalue weighted by molar-refractivity contribution is -0.128. The van der Waals surface area contributed by atoms with Crippen LogP contribution in [0.15, 0.2) is 0 Å². The van der Waals surface area contributed by atoms with Crippen LogP contribution in [0.5, 0.6) is 0 Å². The monoisotopic (exact) mass is 219 g/mol. The third kappa shape index (κ3) is 6.73. The van der Waals surface area contributed by atoms with Crippen LogP contribution in [0.4, 0.5) is 4.79 Å². The van der Waals surface area contributed by atoms with Crippen molar-refractivity contribution in [3.63, 3.8) is 0 Å². The van der Waals surface area contributed by atoms with Crippen molar-refractivity contribution in [1.29, 1.82) is 0 Å². The van der Waals surface area contributed by atoms with E-state index in [1.807, 2.05) is 5.32 Å². The molecular weight excluding hydrogens is 200 g/mol. The van der Waals surface area contributed by atoms with Crippen molar-refractivity contribution in [3.05, 3.63) is 0 Å². The van der Waals surface area contributed by atoms with Gasteiger partial charge in [-0.1, -0.05) is 0 Å². The molecule has 0 saturated heterocycles. The van der Waals surface area contributed by atoms with Gasteiger partial charge in [-0.05, 0) is 20.8 Å². The van der Waals surface area contributed by atoms with Gasteiger partial charge in [-0.2, -0.15) is 0 Å². The van der Waals surface area contributed by atoms with Gasteiger partial charge in [0.2, 0.25) is 5.91 Å². The van der Waals surface area contributed by atoms with Crippen molar-refractivity contribution in [3.8, 4) is 0 Å². The van der Waals surface area contributed by atoms with Crippen LogP contribution in [0.1, 0.15) is 22.1 Å². The highest BCUT2D eigenvalue weighted by atomic mass is 16.6. The van der Waals surface area contributed by atoms with Crippen molar-refractivity contribution in [2.75, 3.05) is 13.6 Å². The van der Waals surface area contributed by atoms with Crippen LogP contribution in [0, 0.1) is 0 Å². The van der Waals surface area contributed by atoms with Gasteiger partial charge in [-0.15, -0.1) is 0 Å². The number of aliphatic hydroxyl groups is 1. The standard InChI is InChI=1S/C9H18N2O4/c1-9(2,3)15-8(14)11-5-6(12)7(13)10-4/h6,12H,5H2,1-4H3,(H,10,13)(H,11,14)/i5D/t5-,6?/m0/s1. The summed E-state index contributed by atoms with van der Waals surface area (Å²) in [6.45, 7) is 3.54. The highest BCUT2D eigenvalue weighted by Gasteiger charge is 2.18. The third-order valence-electron chi connectivity index (χ3n) is 1.27. The van der Waals surface area contributed by atoms with E-state index in [1.165, 1.54) is 7.05 Å². The maximum absolute atomic E-state index is 11.2. The fourth-order valence-electron chi connectivity index (χ4n) is 0.678. The number of carbonyl (C=O) groups is 2. The van der Waals surface area contributed by atoms with E-state index >= 15 is 0 Å². The SMILES string of the molecule is [2H][C@H](NC(=O)OC(C)(C)C)C(O)C(=O)NC. The lowest BCUT2D eigenvalue weighted by Crippen LogP contribution is -2.42. The van der Waals surface area contributed by atoms with Crippen molar-refractivity contribution < 1.29 is 20.8 Å². The molecule has 0 aromatic rings. The zero-order valence-electron chi connectivity index (χ0n) is 10.3. The van der Waals surface area contributed by atoms with E-state index in [1.54, 1.807) is 20.8 Å². The van der Waals surface area contributed by atoms with Gasteiger partial charge in [0.05, 0.1) is 7.89 Å². The van der Waals surface area contributed by atoms with E-state index in [0.29, 0.717) is 0 Å². The van der Waals surface area contributed by atoms with Crippen LogP contribution in [-0.2, 0) is 9.53 Å². The molecular formula is C9H18N2O4. The molecule has 88 valence electrons. The molecule has 6 nitrogen and oxygen atoms in total. The van der Waals surface area contributed by atoms with E-state index in [4.69, 9.17) is 6.11 Å². The molecule has 0 aliphatic carbocycles. The summed E-state index contributed by atoms with van der Waals surface area (Å²) in [5, 5.41) is 13.5. The van der Waals surface area contributed by atoms with E-state index in [-0.39, 0.29) is 0 Å². The molecule has 3 N–H and O–H groups in total. The summed E-state index contributed by atoms with van der Waals surface area (Å²) in [5.74, 6) is -0.740. The molecule has 2 atom stereocenters. The quantitative estimate of drug-likeness (QED) is 0.603. The summed E-state index contributed by atoms with van der Waals surface area (Å²) in [6.07, 6.45) is -2.48. The second-order valence-electron chi connectivity index (χ2n) is 3.87. The Kier molecular flexibility index (Phi) is 4.36. The molecule has 0 aromatic carbocycles. The molecule has 0 rings (SSSR count). The molecule has 0 heterocycles. The minimum atomic E-state index is -1.63. The van der Waals surface area contributed by atoms with E-state index < -0.39 is 30.2 Å². The normalized spacial score (nSPS) is 15.9. The zero-order valence-corrected chi connectivity index (χ0v) is 9.33. The minimum absolute atomic E-state index is 0.693. The van der Waals surface area contributed by atoms with Crippen LogP contribution >= 0.6 is 0 Å². The first-order valence-corrected chi connectivity index (χ1v) is 4.49. The first-order valence-electron chi connectivity index (χ1n) is 5.06. The lowest BCUT2D eigenvalue weighted by atomic mass is 10.2. The van der Waals surface area contributed by atoms with E-state index in [2.05, 4.69) is 5.32 Å². The Morgan fingerprint density at radius 1 is 1.53 bits per heavy atom. The molecule has 1 unspecified atom stereocenters. The van der Waals surface area contributed by atoms with Crippen LogP contribution in [0.3, 0.4) is 0 Å². The van der Waals surface area contributed by atoms with Crippen molar-refractivity contribution in [1.82, 2.24) is 10.6 Å². The fraction of sp³-hybridized carbons (Fsp3) is 0.778. The number of rotatable bonds is 3. The number of ether oxygens (including phenoxy) is 1. The molecule has 0 saturated carbocycles. The first-order chi connectivity index (χ1) is 7.17. The molecule has 0 radical (unpaired) electrons. The summed E-state index contributed by atoms with van der Waals surface area (Å²) < 4.78 is 12.2. The molecule has 15 heavy (non-hydrogen) atoms. The van der Waals surface area contributed by atoms with Gasteiger partial charge in [-0.25, -0.2) is 4.79 Å². The molecule has 0 aliphatic heterocycles. The zero-order chi connectivity index (χ0) is 12.9. The van der Waals surface area contributed by atoms with E-state index in [9.17, 15) is 14.7 Å². The summed E-state index contributed by atoms with van der Waals surface area (Å²) >= 11 is 0. The predicted molar refractivity (Wildman–Crippen MR) is 54.3 cm³/mol. The first kappa shape index (κ1) is 11.8. The second kappa shape index (κ2) is 5.55. The average Bonchev–Trinajstić information content (AvgIpc) is 2.12. The Labute approximate surface area is 90.4 Å². The van der Waals surface area contributed by atoms with Crippen molar-refractivity contribution in [2.24, 2.45) is 0 Å². The molecule has 0 bridgehead atoms. The number of aliphatic hydroxyl groups excluding tert-OH is 1. The number of carbonyl (C=O) groups excluding carboxylic acids is 2. The average molecular weight is 219 g/mol. The summed E-state index contributed by atoms with van der Waals surface area (Å²) in [7, 11) is 1.33. The summed E-state index contributed by atoms with van der Waals surface area (Å²) in [5.41, 5.74) is -0.693. The highest BCUT2D eigenvalue weighted by molar-refractivity contribution is 5.81. The summed E-state index contributed by atoms with van der Waals surface area (Å²) in [4.78, 5) is 22.1. The molecule has 0 aliphatic rings. The Morgan fingerprint density at radius 3 is 2.47 bits per heavy atom. The van der Waals surface area contributed by atoms with Gasteiger partial charge in [0.1, 0.15) is 11.7 Å². The number of hydrogen-bond acceptors (Lipinski definition) is 4. The maximum atomic E-state index is 11.2. The number of likely N-dealkylation sites (N-methyl/N-ethyl adjacent to an activating group) is 1. The van der Waals surface area contributed by atoms with Crippen LogP contribution in [0.25, 0.3) is 0 Å². The smallest absolute Gasteiger partial charge is 0.407 e. The predicted octanol–water partition coefficient (Wildman–Crippen LogP) is -0.382. The lowest BCUT2D eigenvalue weighted by Gasteiger charge is -2.20. The third-order valence-corrected chi connectivity index (χ3v) is 1.27. The van der Waals surface area contributed by atoms with Crippen molar-refractivity contribution in [2.45, 2.75) is 32.5 Å². The molecule has 6 heteroatoms. The minimum Gasteiger partial charge on any atom is -0.444 e. The Hall–Kier alpha value is -1.30.